The molecule has 14 heteroatoms. The fourth-order valence-electron chi connectivity index (χ4n) is 10.1. The number of hydrogen-bond acceptors (Lipinski definition) is 13. The summed E-state index contributed by atoms with van der Waals surface area (Å²) < 4.78 is 29.4. The van der Waals surface area contributed by atoms with Crippen molar-refractivity contribution in [1.82, 2.24) is 4.90 Å². The Hall–Kier alpha value is -3.37. The van der Waals surface area contributed by atoms with Gasteiger partial charge in [-0.3, -0.25) is 19.2 Å². The zero-order valence-electron chi connectivity index (χ0n) is 40.6. The average Bonchev–Trinajstić information content (AvgIpc) is 3.28. The predicted octanol–water partition coefficient (Wildman–Crippen LogP) is 6.18. The standard InChI is InChI=1S/C51H79NO13/c1-30-16-12-11-13-17-31(2)42(61-8)28-38-21-19-36(7)51(60,65-38)48(57)49(58)52-23-15-14-18-39(52)50(59)64-43(33(4)26-37-20-22-40(53)44(27-37)62-9)29-41(54)32(3)25-35(6)46(56)47(63-10)45(55)34(5)24-30/h11-13,16-17,25,30,32-34,36-40,42-44,46-47,53,56,60H,14-15,18-24,26-29H2,1-10H3/b13-11+,16-12+,31-17+,35-25+/t30-,32-,33-,34-,36-,37+,38+,39?,40-,42+,43?,44-,46-,47+,51-/m1/s1. The second kappa shape index (κ2) is 25.1. The van der Waals surface area contributed by atoms with E-state index >= 15 is 0 Å². The molecule has 2 unspecified atom stereocenters. The summed E-state index contributed by atoms with van der Waals surface area (Å²) in [6, 6.07) is -1.14. The Morgan fingerprint density at radius 3 is 2.25 bits per heavy atom. The Morgan fingerprint density at radius 2 is 1.57 bits per heavy atom. The minimum absolute atomic E-state index is 0.0193. The molecule has 0 aromatic carbocycles. The smallest absolute Gasteiger partial charge is 0.329 e. The number of piperidine rings is 1. The molecule has 1 saturated carbocycles. The number of Topliss-reactive ketones (excluding diaryl/α,β-unsaturated/α-hetero) is 3. The molecule has 0 aromatic rings. The number of rotatable bonds is 6. The Bertz CT molecular complexity index is 1760. The highest BCUT2D eigenvalue weighted by Gasteiger charge is 2.53. The maximum absolute atomic E-state index is 14.4. The molecule has 3 heterocycles. The molecule has 14 nitrogen and oxygen atoms in total. The van der Waals surface area contributed by atoms with Gasteiger partial charge in [-0.2, -0.15) is 0 Å². The van der Waals surface area contributed by atoms with Gasteiger partial charge in [-0.1, -0.05) is 71.1 Å². The molecule has 3 fully saturated rings. The third kappa shape index (κ3) is 14.3. The molecule has 3 N–H and O–H groups in total. The van der Waals surface area contributed by atoms with E-state index in [1.165, 1.54) is 12.0 Å². The fraction of sp³-hybridized carbons (Fsp3) is 0.745. The lowest BCUT2D eigenvalue weighted by Gasteiger charge is -2.42. The topological polar surface area (TPSA) is 195 Å². The molecular formula is C51H79NO13. The van der Waals surface area contributed by atoms with Gasteiger partial charge >= 0.3 is 5.97 Å². The molecule has 15 atom stereocenters. The molecule has 2 saturated heterocycles. The van der Waals surface area contributed by atoms with Gasteiger partial charge in [0.25, 0.3) is 11.7 Å². The normalized spacial score (nSPS) is 40.4. The zero-order valence-corrected chi connectivity index (χ0v) is 40.6. The van der Waals surface area contributed by atoms with Gasteiger partial charge in [0.15, 0.2) is 5.78 Å². The number of cyclic esters (lactones) is 1. The van der Waals surface area contributed by atoms with E-state index in [1.807, 2.05) is 58.1 Å². The van der Waals surface area contributed by atoms with E-state index in [0.29, 0.717) is 63.4 Å². The number of amides is 1. The third-order valence-corrected chi connectivity index (χ3v) is 14.5. The van der Waals surface area contributed by atoms with Gasteiger partial charge in [0.05, 0.1) is 24.4 Å². The highest BCUT2D eigenvalue weighted by molar-refractivity contribution is 6.39. The minimum atomic E-state index is -2.43. The summed E-state index contributed by atoms with van der Waals surface area (Å²) in [5.41, 5.74) is 1.27. The van der Waals surface area contributed by atoms with E-state index in [0.717, 1.165) is 12.0 Å². The molecule has 1 aliphatic carbocycles. The van der Waals surface area contributed by atoms with Crippen LogP contribution in [0.25, 0.3) is 0 Å². The number of aliphatic hydroxyl groups excluding tert-OH is 2. The van der Waals surface area contributed by atoms with Crippen molar-refractivity contribution >= 4 is 29.2 Å². The van der Waals surface area contributed by atoms with Crippen LogP contribution in [0.1, 0.15) is 126 Å². The summed E-state index contributed by atoms with van der Waals surface area (Å²) in [5.74, 6) is -7.96. The number of allylic oxidation sites excluding steroid dienone is 6. The molecule has 2 bridgehead atoms. The van der Waals surface area contributed by atoms with E-state index in [9.17, 15) is 39.3 Å². The molecular weight excluding hydrogens is 835 g/mol. The average molecular weight is 914 g/mol. The molecule has 0 aromatic heterocycles. The van der Waals surface area contributed by atoms with Gasteiger partial charge in [0.1, 0.15) is 30.1 Å². The van der Waals surface area contributed by atoms with Crippen LogP contribution in [0, 0.1) is 35.5 Å². The van der Waals surface area contributed by atoms with Gasteiger partial charge in [0, 0.05) is 58.5 Å². The summed E-state index contributed by atoms with van der Waals surface area (Å²) in [6.45, 7) is 12.7. The van der Waals surface area contributed by atoms with E-state index in [-0.39, 0.29) is 54.8 Å². The number of methoxy groups -OCH3 is 3. The molecule has 65 heavy (non-hydrogen) atoms. The van der Waals surface area contributed by atoms with Crippen LogP contribution >= 0.6 is 0 Å². The van der Waals surface area contributed by atoms with Crippen LogP contribution in [0.4, 0.5) is 0 Å². The molecule has 3 aliphatic heterocycles. The first-order chi connectivity index (χ1) is 30.7. The third-order valence-electron chi connectivity index (χ3n) is 14.5. The highest BCUT2D eigenvalue weighted by Crippen LogP contribution is 2.38. The van der Waals surface area contributed by atoms with Crippen LogP contribution in [0.15, 0.2) is 47.6 Å². The second-order valence-electron chi connectivity index (χ2n) is 19.6. The lowest BCUT2D eigenvalue weighted by molar-refractivity contribution is -0.265. The van der Waals surface area contributed by atoms with Crippen molar-refractivity contribution in [3.63, 3.8) is 0 Å². The molecule has 0 radical (unpaired) electrons. The van der Waals surface area contributed by atoms with Gasteiger partial charge < -0.3 is 43.9 Å². The predicted molar refractivity (Wildman–Crippen MR) is 245 cm³/mol. The molecule has 4 aliphatic rings. The maximum atomic E-state index is 14.4. The molecule has 0 spiro atoms. The van der Waals surface area contributed by atoms with Crippen LogP contribution in [0.3, 0.4) is 0 Å². The Labute approximate surface area is 387 Å². The summed E-state index contributed by atoms with van der Waals surface area (Å²) >= 11 is 0. The van der Waals surface area contributed by atoms with E-state index in [4.69, 9.17) is 23.7 Å². The summed E-state index contributed by atoms with van der Waals surface area (Å²) in [7, 11) is 4.52. The lowest BCUT2D eigenvalue weighted by atomic mass is 9.78. The number of carbonyl (C=O) groups excluding carboxylic acids is 5. The Kier molecular flexibility index (Phi) is 21.0. The SMILES string of the molecule is CO[C@H]1C[C@@H]2CC[C@@H](C)[C@@](O)(O2)C(=O)C(=O)N2CCCCC2C(=O)OC([C@H](C)C[C@@H]2CC[C@@H](O)[C@H](OC)C2)CC(=O)[C@H](C)/C=C(\C)[C@@H](O)[C@@H](OC)C(=O)[C@H](C)C[C@H](C)/C=C/C=C/C=C/1C. The first-order valence-electron chi connectivity index (χ1n) is 23.9. The number of esters is 1. The number of nitrogens with zero attached hydrogens (tertiary/aromatic N) is 1. The summed E-state index contributed by atoms with van der Waals surface area (Å²) in [6.07, 6.45) is 11.2. The number of carbonyl (C=O) groups is 5. The minimum Gasteiger partial charge on any atom is -0.460 e. The highest BCUT2D eigenvalue weighted by atomic mass is 16.6. The van der Waals surface area contributed by atoms with E-state index < -0.39 is 83.9 Å². The van der Waals surface area contributed by atoms with Crippen molar-refractivity contribution in [3.8, 4) is 0 Å². The van der Waals surface area contributed by atoms with Crippen molar-refractivity contribution in [2.45, 2.75) is 180 Å². The molecule has 1 amide bonds. The maximum Gasteiger partial charge on any atom is 0.329 e. The Balaban J connectivity index is 1.70. The zero-order chi connectivity index (χ0) is 48.2. The second-order valence-corrected chi connectivity index (χ2v) is 19.6. The first-order valence-corrected chi connectivity index (χ1v) is 23.9. The quantitative estimate of drug-likeness (QED) is 0.156. The number of ketones is 3. The van der Waals surface area contributed by atoms with Crippen molar-refractivity contribution in [1.29, 1.82) is 0 Å². The summed E-state index contributed by atoms with van der Waals surface area (Å²) in [5, 5.41) is 33.8. The van der Waals surface area contributed by atoms with Crippen molar-refractivity contribution in [2.75, 3.05) is 27.9 Å². The molecule has 366 valence electrons. The first kappa shape index (κ1) is 54.2. The Morgan fingerprint density at radius 1 is 0.846 bits per heavy atom. The van der Waals surface area contributed by atoms with Crippen molar-refractivity contribution in [2.24, 2.45) is 35.5 Å². The van der Waals surface area contributed by atoms with Crippen LogP contribution in [0.2, 0.25) is 0 Å². The van der Waals surface area contributed by atoms with Crippen molar-refractivity contribution in [3.05, 3.63) is 47.6 Å². The van der Waals surface area contributed by atoms with E-state index in [2.05, 4.69) is 0 Å². The number of ether oxygens (including phenoxy) is 5. The largest absolute Gasteiger partial charge is 0.460 e. The van der Waals surface area contributed by atoms with Gasteiger partial charge in [-0.15, -0.1) is 0 Å². The number of fused-ring (bicyclic) bond motifs is 3. The van der Waals surface area contributed by atoms with Crippen molar-refractivity contribution < 1.29 is 63.0 Å². The monoisotopic (exact) mass is 914 g/mol. The number of hydrogen-bond donors (Lipinski definition) is 3. The lowest BCUT2D eigenvalue weighted by Crippen LogP contribution is -2.61. The van der Waals surface area contributed by atoms with Crippen LogP contribution in [0.5, 0.6) is 0 Å². The summed E-state index contributed by atoms with van der Waals surface area (Å²) in [4.78, 5) is 71.8. The molecule has 4 rings (SSSR count). The van der Waals surface area contributed by atoms with Gasteiger partial charge in [0.2, 0.25) is 5.79 Å². The van der Waals surface area contributed by atoms with Crippen LogP contribution in [-0.2, 0) is 47.7 Å². The van der Waals surface area contributed by atoms with Crippen LogP contribution in [-0.4, -0.2) is 132 Å². The van der Waals surface area contributed by atoms with E-state index in [1.54, 1.807) is 41.1 Å². The number of aliphatic hydroxyl groups is 3. The van der Waals surface area contributed by atoms with Gasteiger partial charge in [-0.25, -0.2) is 4.79 Å². The van der Waals surface area contributed by atoms with Crippen LogP contribution < -0.4 is 0 Å². The fourth-order valence-corrected chi connectivity index (χ4v) is 10.1. The van der Waals surface area contributed by atoms with Gasteiger partial charge in [-0.05, 0) is 107 Å².